The molecule has 0 bridgehead atoms. The molecule has 5 aromatic rings. The number of nitrogens with one attached hydrogen (secondary N) is 2. The number of fused-ring (bicyclic) bond motifs is 1. The highest BCUT2D eigenvalue weighted by molar-refractivity contribution is 6.14. The van der Waals surface area contributed by atoms with Crippen molar-refractivity contribution in [1.29, 1.82) is 0 Å². The van der Waals surface area contributed by atoms with Crippen LogP contribution >= 0.6 is 0 Å². The van der Waals surface area contributed by atoms with Crippen LogP contribution < -0.4 is 11.1 Å². The van der Waals surface area contributed by atoms with E-state index in [9.17, 15) is 27.2 Å². The number of pyridine rings is 1. The van der Waals surface area contributed by atoms with Crippen LogP contribution in [0.5, 0.6) is 0 Å². The summed E-state index contributed by atoms with van der Waals surface area (Å²) >= 11 is 0. The zero-order chi connectivity index (χ0) is 27.9. The summed E-state index contributed by atoms with van der Waals surface area (Å²) in [6, 6.07) is 11.0. The third kappa shape index (κ3) is 5.01. The molecule has 15 heteroatoms. The molecule has 11 nitrogen and oxygen atoms in total. The molecule has 0 aliphatic carbocycles. The van der Waals surface area contributed by atoms with Crippen LogP contribution in [0.15, 0.2) is 48.5 Å². The van der Waals surface area contributed by atoms with Crippen molar-refractivity contribution in [2.45, 2.75) is 19.6 Å². The number of primary amides is 1. The molecular formula is C24H17F4N9O2. The number of aromatic amines is 1. The predicted octanol–water partition coefficient (Wildman–Crippen LogP) is 3.48. The van der Waals surface area contributed by atoms with E-state index in [0.29, 0.717) is 17.0 Å². The maximum absolute atomic E-state index is 13.9. The zero-order valence-electron chi connectivity index (χ0n) is 19.9. The van der Waals surface area contributed by atoms with Crippen LogP contribution in [0.25, 0.3) is 22.3 Å². The summed E-state index contributed by atoms with van der Waals surface area (Å²) < 4.78 is 56.7. The van der Waals surface area contributed by atoms with E-state index in [-0.39, 0.29) is 34.4 Å². The first-order valence-corrected chi connectivity index (χ1v) is 11.2. The quantitative estimate of drug-likeness (QED) is 0.279. The van der Waals surface area contributed by atoms with E-state index in [1.165, 1.54) is 13.0 Å². The number of benzene rings is 2. The average molecular weight is 539 g/mol. The van der Waals surface area contributed by atoms with Crippen molar-refractivity contribution in [2.75, 3.05) is 5.32 Å². The Balaban J connectivity index is 1.50. The van der Waals surface area contributed by atoms with E-state index < -0.39 is 35.2 Å². The number of anilines is 1. The van der Waals surface area contributed by atoms with Gasteiger partial charge in [-0.2, -0.15) is 18.3 Å². The summed E-state index contributed by atoms with van der Waals surface area (Å²) in [5.74, 6) is -2.26. The van der Waals surface area contributed by atoms with Gasteiger partial charge in [-0.3, -0.25) is 14.3 Å². The Morgan fingerprint density at radius 1 is 1.10 bits per heavy atom. The molecule has 0 unspecified atom stereocenters. The van der Waals surface area contributed by atoms with Crippen molar-refractivity contribution in [3.05, 3.63) is 82.6 Å². The van der Waals surface area contributed by atoms with Gasteiger partial charge in [-0.1, -0.05) is 24.3 Å². The highest BCUT2D eigenvalue weighted by Crippen LogP contribution is 2.36. The smallest absolute Gasteiger partial charge is 0.364 e. The molecule has 0 aliphatic rings. The van der Waals surface area contributed by atoms with Crippen LogP contribution in [0.4, 0.5) is 23.2 Å². The van der Waals surface area contributed by atoms with E-state index in [1.807, 2.05) is 0 Å². The Morgan fingerprint density at radius 2 is 1.85 bits per heavy atom. The van der Waals surface area contributed by atoms with Crippen LogP contribution in [0.3, 0.4) is 0 Å². The maximum Gasteiger partial charge on any atom is 0.437 e. The second-order valence-corrected chi connectivity index (χ2v) is 8.45. The fraction of sp³-hybridized carbons (Fsp3) is 0.125. The van der Waals surface area contributed by atoms with Gasteiger partial charge in [0.2, 0.25) is 0 Å². The van der Waals surface area contributed by atoms with E-state index in [4.69, 9.17) is 5.73 Å². The van der Waals surface area contributed by atoms with Crippen LogP contribution in [0.2, 0.25) is 0 Å². The fourth-order valence-electron chi connectivity index (χ4n) is 3.97. The van der Waals surface area contributed by atoms with Crippen LogP contribution in [-0.4, -0.2) is 47.2 Å². The van der Waals surface area contributed by atoms with E-state index >= 15 is 0 Å². The van der Waals surface area contributed by atoms with Gasteiger partial charge in [-0.05, 0) is 41.1 Å². The number of aromatic nitrogens is 7. The van der Waals surface area contributed by atoms with Crippen LogP contribution in [0, 0.1) is 12.7 Å². The number of carbonyl (C=O) groups excluding carboxylic acids is 2. The van der Waals surface area contributed by atoms with Gasteiger partial charge in [0.15, 0.2) is 11.5 Å². The average Bonchev–Trinajstić information content (AvgIpc) is 3.53. The Bertz CT molecular complexity index is 1710. The lowest BCUT2D eigenvalue weighted by Gasteiger charge is -2.12. The topological polar surface area (TPSA) is 157 Å². The second kappa shape index (κ2) is 9.59. The minimum absolute atomic E-state index is 0.0266. The number of hydrogen-bond donors (Lipinski definition) is 3. The number of hydrogen-bond acceptors (Lipinski definition) is 7. The molecule has 0 spiro atoms. The minimum Gasteiger partial charge on any atom is -0.364 e. The number of rotatable bonds is 6. The normalized spacial score (nSPS) is 11.6. The third-order valence-corrected chi connectivity index (χ3v) is 5.89. The number of alkyl halides is 3. The summed E-state index contributed by atoms with van der Waals surface area (Å²) in [7, 11) is 0. The lowest BCUT2D eigenvalue weighted by atomic mass is 10.1. The van der Waals surface area contributed by atoms with E-state index in [0.717, 1.165) is 22.9 Å². The molecule has 5 rings (SSSR count). The Labute approximate surface area is 216 Å². The van der Waals surface area contributed by atoms with Crippen molar-refractivity contribution in [3.8, 4) is 11.4 Å². The fourth-order valence-corrected chi connectivity index (χ4v) is 3.97. The minimum atomic E-state index is -4.90. The van der Waals surface area contributed by atoms with Gasteiger partial charge < -0.3 is 11.1 Å². The highest BCUT2D eigenvalue weighted by Gasteiger charge is 2.39. The molecule has 3 heterocycles. The van der Waals surface area contributed by atoms with Crippen LogP contribution in [-0.2, 0) is 12.7 Å². The molecule has 2 aromatic carbocycles. The number of carbonyl (C=O) groups is 2. The number of tetrazole rings is 1. The molecule has 0 radical (unpaired) electrons. The number of amides is 2. The molecule has 0 atom stereocenters. The third-order valence-electron chi connectivity index (χ3n) is 5.89. The SMILES string of the molecule is Cc1c(NC(=O)c2cc(C(N)=O)nc3cc(F)ccc23)c(C(F)(F)F)nn1Cc1ccc(-c2nnn[nH]2)cc1. The number of H-pyrrole nitrogens is 1. The van der Waals surface area contributed by atoms with Crippen molar-refractivity contribution < 1.29 is 27.2 Å². The van der Waals surface area contributed by atoms with Crippen LogP contribution in [0.1, 0.15) is 37.8 Å². The monoisotopic (exact) mass is 539 g/mol. The molecule has 0 saturated heterocycles. The van der Waals surface area contributed by atoms with Gasteiger partial charge in [-0.25, -0.2) is 14.5 Å². The van der Waals surface area contributed by atoms with Gasteiger partial charge in [-0.15, -0.1) is 5.10 Å². The second-order valence-electron chi connectivity index (χ2n) is 8.45. The number of nitrogens with two attached hydrogens (primary N) is 1. The molecule has 0 fully saturated rings. The number of halogens is 4. The summed E-state index contributed by atoms with van der Waals surface area (Å²) in [6.45, 7) is 1.34. The Kier molecular flexibility index (Phi) is 6.25. The Morgan fingerprint density at radius 3 is 2.49 bits per heavy atom. The standard InChI is InChI=1S/C24H17F4N9O2/c1-11-19(31-23(39)16-9-18(21(29)38)30-17-8-14(25)6-7-15(16)17)20(24(26,27)28)34-37(11)10-12-2-4-13(5-3-12)22-32-35-36-33-22/h2-9H,10H2,1H3,(H2,29,38)(H,31,39)(H,32,33,35,36). The van der Waals surface area contributed by atoms with Crippen molar-refractivity contribution in [1.82, 2.24) is 35.4 Å². The molecule has 198 valence electrons. The first-order chi connectivity index (χ1) is 18.5. The maximum atomic E-state index is 13.9. The van der Waals surface area contributed by atoms with Crippen molar-refractivity contribution in [2.24, 2.45) is 5.73 Å². The molecule has 2 amide bonds. The molecule has 0 aliphatic heterocycles. The first-order valence-electron chi connectivity index (χ1n) is 11.2. The van der Waals surface area contributed by atoms with Gasteiger partial charge in [0, 0.05) is 17.0 Å². The summed E-state index contributed by atoms with van der Waals surface area (Å²) in [6.07, 6.45) is -4.90. The lowest BCUT2D eigenvalue weighted by Crippen LogP contribution is -2.19. The predicted molar refractivity (Wildman–Crippen MR) is 129 cm³/mol. The largest absolute Gasteiger partial charge is 0.437 e. The van der Waals surface area contributed by atoms with Crippen molar-refractivity contribution in [3.63, 3.8) is 0 Å². The molecule has 0 saturated carbocycles. The summed E-state index contributed by atoms with van der Waals surface area (Å²) in [5.41, 5.74) is 4.09. The van der Waals surface area contributed by atoms with Gasteiger partial charge >= 0.3 is 6.18 Å². The van der Waals surface area contributed by atoms with Crippen molar-refractivity contribution >= 4 is 28.4 Å². The molecule has 3 aromatic heterocycles. The molecule has 39 heavy (non-hydrogen) atoms. The lowest BCUT2D eigenvalue weighted by molar-refractivity contribution is -0.140. The van der Waals surface area contributed by atoms with Gasteiger partial charge in [0.05, 0.1) is 29.0 Å². The first kappa shape index (κ1) is 25.4. The zero-order valence-corrected chi connectivity index (χ0v) is 19.9. The number of nitrogens with zero attached hydrogens (tertiary/aromatic N) is 6. The van der Waals surface area contributed by atoms with Gasteiger partial charge in [0.25, 0.3) is 11.8 Å². The highest BCUT2D eigenvalue weighted by atomic mass is 19.4. The van der Waals surface area contributed by atoms with Gasteiger partial charge in [0.1, 0.15) is 11.5 Å². The molecular weight excluding hydrogens is 522 g/mol. The summed E-state index contributed by atoms with van der Waals surface area (Å²) in [5, 5.41) is 19.5. The van der Waals surface area contributed by atoms with E-state index in [1.54, 1.807) is 24.3 Å². The molecule has 4 N–H and O–H groups in total. The Hall–Kier alpha value is -5.21. The summed E-state index contributed by atoms with van der Waals surface area (Å²) in [4.78, 5) is 28.9. The van der Waals surface area contributed by atoms with E-state index in [2.05, 4.69) is 36.0 Å².